The van der Waals surface area contributed by atoms with Crippen LogP contribution < -0.4 is 5.12 Å². The molecule has 7 heteroatoms. The number of carbonyl (C=O) groups excluding carboxylic acids is 1. The minimum Gasteiger partial charge on any atom is -0.258 e. The minimum atomic E-state index is -1.36. The lowest BCUT2D eigenvalue weighted by atomic mass is 10.3. The van der Waals surface area contributed by atoms with Gasteiger partial charge in [0, 0.05) is 12.1 Å². The molecular formula is C7H4ClFN2O3. The van der Waals surface area contributed by atoms with Crippen molar-refractivity contribution in [2.24, 2.45) is 0 Å². The average molecular weight is 219 g/mol. The zero-order chi connectivity index (χ0) is 10.7. The highest BCUT2D eigenvalue weighted by Gasteiger charge is 2.15. The maximum absolute atomic E-state index is 12.8. The summed E-state index contributed by atoms with van der Waals surface area (Å²) >= 11 is 4.84. The van der Waals surface area contributed by atoms with E-state index >= 15 is 0 Å². The lowest BCUT2D eigenvalue weighted by molar-refractivity contribution is -0.384. The van der Waals surface area contributed by atoms with Gasteiger partial charge in [-0.1, -0.05) is 10.5 Å². The van der Waals surface area contributed by atoms with Crippen molar-refractivity contribution < 1.29 is 14.2 Å². The number of hydrogen-bond acceptors (Lipinski definition) is 3. The molecule has 0 saturated carbocycles. The van der Waals surface area contributed by atoms with Crippen LogP contribution in [0.2, 0.25) is 0 Å². The molecule has 0 N–H and O–H groups in total. The lowest BCUT2D eigenvalue weighted by Gasteiger charge is -2.06. The second-order valence-corrected chi connectivity index (χ2v) is 2.63. The van der Waals surface area contributed by atoms with Crippen molar-refractivity contribution in [1.82, 2.24) is 0 Å². The van der Waals surface area contributed by atoms with Crippen LogP contribution in [0, 0.1) is 10.1 Å². The van der Waals surface area contributed by atoms with Gasteiger partial charge in [0.15, 0.2) is 0 Å². The number of rotatable bonds is 2. The molecule has 0 aromatic heterocycles. The number of nitro groups is 1. The molecule has 0 aliphatic rings. The number of carbonyl (C=O) groups is 1. The van der Waals surface area contributed by atoms with Gasteiger partial charge in [-0.05, 0) is 17.7 Å². The zero-order valence-corrected chi connectivity index (χ0v) is 7.44. The molecule has 0 atom stereocenters. The summed E-state index contributed by atoms with van der Waals surface area (Å²) in [6, 6.07) is 4.52. The van der Waals surface area contributed by atoms with E-state index in [0.29, 0.717) is 0 Å². The smallest absolute Gasteiger partial charge is 0.258 e. The van der Waals surface area contributed by atoms with Gasteiger partial charge in [-0.25, -0.2) is 0 Å². The number of benzene rings is 1. The Kier molecular flexibility index (Phi) is 2.98. The van der Waals surface area contributed by atoms with E-state index in [-0.39, 0.29) is 16.5 Å². The molecule has 0 saturated heterocycles. The van der Waals surface area contributed by atoms with Crippen molar-refractivity contribution in [3.8, 4) is 0 Å². The number of halogens is 2. The fourth-order valence-corrected chi connectivity index (χ4v) is 0.928. The third kappa shape index (κ3) is 2.17. The van der Waals surface area contributed by atoms with E-state index in [4.69, 9.17) is 11.6 Å². The Bertz CT molecular complexity index is 385. The number of non-ortho nitro benzene ring substituents is 1. The number of amides is 1. The third-order valence-electron chi connectivity index (χ3n) is 1.42. The molecule has 0 heterocycles. The maximum atomic E-state index is 12.8. The molecule has 1 aromatic rings. The van der Waals surface area contributed by atoms with Crippen molar-refractivity contribution in [2.75, 3.05) is 5.12 Å². The molecule has 1 amide bonds. The van der Waals surface area contributed by atoms with Crippen LogP contribution in [0.4, 0.5) is 20.7 Å². The van der Waals surface area contributed by atoms with Crippen molar-refractivity contribution >= 4 is 28.3 Å². The van der Waals surface area contributed by atoms with Gasteiger partial charge in [-0.2, -0.15) is 0 Å². The largest absolute Gasteiger partial charge is 0.349 e. The van der Waals surface area contributed by atoms with Gasteiger partial charge in [-0.15, -0.1) is 5.12 Å². The highest BCUT2D eigenvalue weighted by molar-refractivity contribution is 6.65. The van der Waals surface area contributed by atoms with Gasteiger partial charge in [0.05, 0.1) is 10.6 Å². The van der Waals surface area contributed by atoms with E-state index in [0.717, 1.165) is 6.07 Å². The van der Waals surface area contributed by atoms with Crippen molar-refractivity contribution in [1.29, 1.82) is 0 Å². The summed E-state index contributed by atoms with van der Waals surface area (Å²) in [4.78, 5) is 20.0. The minimum absolute atomic E-state index is 0.279. The molecule has 74 valence electrons. The van der Waals surface area contributed by atoms with Gasteiger partial charge in [0.1, 0.15) is 0 Å². The summed E-state index contributed by atoms with van der Waals surface area (Å²) in [7, 11) is 0. The first-order valence-corrected chi connectivity index (χ1v) is 3.80. The van der Waals surface area contributed by atoms with Gasteiger partial charge >= 0.3 is 5.37 Å². The van der Waals surface area contributed by atoms with Crippen LogP contribution in [0.3, 0.4) is 0 Å². The summed E-state index contributed by atoms with van der Waals surface area (Å²) in [6.07, 6.45) is 0. The van der Waals surface area contributed by atoms with E-state index in [9.17, 15) is 19.4 Å². The molecule has 0 radical (unpaired) electrons. The second-order valence-electron chi connectivity index (χ2n) is 2.31. The maximum Gasteiger partial charge on any atom is 0.349 e. The fourth-order valence-electron chi connectivity index (χ4n) is 0.830. The first kappa shape index (κ1) is 10.4. The van der Waals surface area contributed by atoms with Crippen molar-refractivity contribution in [3.05, 3.63) is 34.4 Å². The van der Waals surface area contributed by atoms with Crippen LogP contribution in [0.1, 0.15) is 0 Å². The first-order valence-electron chi connectivity index (χ1n) is 3.42. The molecule has 0 bridgehead atoms. The Balaban J connectivity index is 3.05. The molecule has 14 heavy (non-hydrogen) atoms. The Morgan fingerprint density at radius 1 is 1.57 bits per heavy atom. The van der Waals surface area contributed by atoms with E-state index in [1.54, 1.807) is 0 Å². The highest BCUT2D eigenvalue weighted by atomic mass is 35.5. The molecule has 1 aromatic carbocycles. The Morgan fingerprint density at radius 2 is 2.21 bits per heavy atom. The number of anilines is 1. The SMILES string of the molecule is O=C(Cl)N(F)c1cccc([N+](=O)[O-])c1. The van der Waals surface area contributed by atoms with Gasteiger partial charge in [-0.3, -0.25) is 14.9 Å². The normalized spacial score (nSPS) is 9.57. The van der Waals surface area contributed by atoms with E-state index in [1.165, 1.54) is 18.2 Å². The number of nitrogens with zero attached hydrogens (tertiary/aromatic N) is 2. The molecule has 0 aliphatic carbocycles. The lowest BCUT2D eigenvalue weighted by Crippen LogP contribution is -2.14. The second kappa shape index (κ2) is 4.01. The monoisotopic (exact) mass is 218 g/mol. The van der Waals surface area contributed by atoms with Crippen molar-refractivity contribution in [3.63, 3.8) is 0 Å². The average Bonchev–Trinajstić information content (AvgIpc) is 2.16. The number of hydrogen-bond donors (Lipinski definition) is 0. The summed E-state index contributed by atoms with van der Waals surface area (Å²) in [6.45, 7) is 0. The number of nitro benzene ring substituents is 1. The highest BCUT2D eigenvalue weighted by Crippen LogP contribution is 2.22. The molecule has 0 unspecified atom stereocenters. The van der Waals surface area contributed by atoms with Crippen LogP contribution in [-0.4, -0.2) is 10.3 Å². The van der Waals surface area contributed by atoms with E-state index in [1.807, 2.05) is 0 Å². The van der Waals surface area contributed by atoms with Crippen molar-refractivity contribution in [2.45, 2.75) is 0 Å². The third-order valence-corrected chi connectivity index (χ3v) is 1.57. The first-order chi connectivity index (χ1) is 6.52. The van der Waals surface area contributed by atoms with Crippen LogP contribution in [0.25, 0.3) is 0 Å². The fraction of sp³-hybridized carbons (Fsp3) is 0. The Labute approximate surface area is 82.8 Å². The summed E-state index contributed by atoms with van der Waals surface area (Å²) in [5.41, 5.74) is -0.595. The van der Waals surface area contributed by atoms with Crippen LogP contribution in [0.5, 0.6) is 0 Å². The quantitative estimate of drug-likeness (QED) is 0.252. The predicted molar refractivity (Wildman–Crippen MR) is 47.9 cm³/mol. The summed E-state index contributed by atoms with van der Waals surface area (Å²) < 4.78 is 12.8. The topological polar surface area (TPSA) is 63.5 Å². The van der Waals surface area contributed by atoms with Crippen LogP contribution >= 0.6 is 11.6 Å². The molecule has 5 nitrogen and oxygen atoms in total. The zero-order valence-electron chi connectivity index (χ0n) is 6.68. The van der Waals surface area contributed by atoms with Crippen LogP contribution in [0.15, 0.2) is 24.3 Å². The molecular weight excluding hydrogens is 215 g/mol. The Hall–Kier alpha value is -1.69. The molecule has 0 spiro atoms. The van der Waals surface area contributed by atoms with E-state index < -0.39 is 10.3 Å². The molecule has 0 aliphatic heterocycles. The van der Waals surface area contributed by atoms with Gasteiger partial charge < -0.3 is 0 Å². The summed E-state index contributed by atoms with van der Waals surface area (Å²) in [5, 5.41) is 8.56. The van der Waals surface area contributed by atoms with E-state index in [2.05, 4.69) is 0 Å². The predicted octanol–water partition coefficient (Wildman–Crippen LogP) is 2.64. The van der Waals surface area contributed by atoms with Gasteiger partial charge in [0.25, 0.3) is 5.69 Å². The molecule has 0 fully saturated rings. The molecule has 1 rings (SSSR count). The summed E-state index contributed by atoms with van der Waals surface area (Å²) in [5.74, 6) is 0. The van der Waals surface area contributed by atoms with Crippen LogP contribution in [-0.2, 0) is 0 Å². The Morgan fingerprint density at radius 3 is 2.71 bits per heavy atom. The van der Waals surface area contributed by atoms with Gasteiger partial charge in [0.2, 0.25) is 0 Å². The standard InChI is InChI=1S/C7H4ClFN2O3/c8-7(12)10(9)5-2-1-3-6(4-5)11(13)14/h1-4H.